The van der Waals surface area contributed by atoms with E-state index in [1.54, 1.807) is 12.2 Å². The Hall–Kier alpha value is -1.31. The van der Waals surface area contributed by atoms with E-state index in [9.17, 15) is 4.79 Å². The largest absolute Gasteiger partial charge is 0.335 e. The molecule has 0 N–H and O–H groups in total. The number of nitrogens with zero attached hydrogens (tertiary/aromatic N) is 1. The van der Waals surface area contributed by atoms with E-state index in [-0.39, 0.29) is 5.91 Å². The third kappa shape index (κ3) is 1.89. The fourth-order valence-corrected chi connectivity index (χ4v) is 1.43. The van der Waals surface area contributed by atoms with E-state index in [0.29, 0.717) is 0 Å². The van der Waals surface area contributed by atoms with Gasteiger partial charge in [0.05, 0.1) is 0 Å². The summed E-state index contributed by atoms with van der Waals surface area (Å²) in [6.45, 7) is 9.11. The standard InChI is InChI=1S/C11H15NO/c1-4-6-7-10-9(3)8-12(5-2)11(10)13/h4,6-7H,1,5,8H2,2-3H3/b7-6-. The first-order chi connectivity index (χ1) is 6.20. The number of carbonyl (C=O) groups is 1. The molecule has 0 unspecified atom stereocenters. The van der Waals surface area contributed by atoms with Crippen molar-refractivity contribution < 1.29 is 4.79 Å². The first kappa shape index (κ1) is 9.78. The second kappa shape index (κ2) is 4.08. The molecule has 0 saturated heterocycles. The molecule has 0 aromatic heterocycles. The third-order valence-electron chi connectivity index (χ3n) is 2.19. The highest BCUT2D eigenvalue weighted by Gasteiger charge is 2.24. The number of hydrogen-bond acceptors (Lipinski definition) is 1. The smallest absolute Gasteiger partial charge is 0.254 e. The van der Waals surface area contributed by atoms with E-state index in [4.69, 9.17) is 0 Å². The van der Waals surface area contributed by atoms with E-state index >= 15 is 0 Å². The van der Waals surface area contributed by atoms with Crippen LogP contribution in [0.1, 0.15) is 13.8 Å². The molecule has 0 aromatic carbocycles. The van der Waals surface area contributed by atoms with Crippen molar-refractivity contribution in [3.05, 3.63) is 36.0 Å². The Labute approximate surface area is 79.2 Å². The monoisotopic (exact) mass is 177 g/mol. The predicted molar refractivity (Wildman–Crippen MR) is 54.3 cm³/mol. The van der Waals surface area contributed by atoms with Crippen LogP contribution in [0.25, 0.3) is 0 Å². The molecule has 2 nitrogen and oxygen atoms in total. The van der Waals surface area contributed by atoms with Crippen molar-refractivity contribution >= 4 is 5.91 Å². The van der Waals surface area contributed by atoms with Gasteiger partial charge in [-0.2, -0.15) is 0 Å². The third-order valence-corrected chi connectivity index (χ3v) is 2.19. The molecular weight excluding hydrogens is 162 g/mol. The van der Waals surface area contributed by atoms with Crippen LogP contribution >= 0.6 is 0 Å². The summed E-state index contributed by atoms with van der Waals surface area (Å²) in [4.78, 5) is 13.5. The molecule has 0 saturated carbocycles. The molecule has 0 spiro atoms. The highest BCUT2D eigenvalue weighted by molar-refractivity contribution is 5.99. The van der Waals surface area contributed by atoms with Crippen LogP contribution < -0.4 is 0 Å². The van der Waals surface area contributed by atoms with E-state index < -0.39 is 0 Å². The molecule has 0 bridgehead atoms. The van der Waals surface area contributed by atoms with Gasteiger partial charge in [0.1, 0.15) is 0 Å². The summed E-state index contributed by atoms with van der Waals surface area (Å²) in [5.74, 6) is 0.137. The van der Waals surface area contributed by atoms with Crippen LogP contribution in [0.4, 0.5) is 0 Å². The molecule has 0 radical (unpaired) electrons. The van der Waals surface area contributed by atoms with E-state index in [0.717, 1.165) is 24.2 Å². The van der Waals surface area contributed by atoms with Gasteiger partial charge in [-0.1, -0.05) is 18.7 Å². The first-order valence-electron chi connectivity index (χ1n) is 4.48. The lowest BCUT2D eigenvalue weighted by molar-refractivity contribution is -0.124. The molecule has 1 amide bonds. The molecule has 1 rings (SSSR count). The van der Waals surface area contributed by atoms with Crippen LogP contribution in [0.5, 0.6) is 0 Å². The molecule has 1 aliphatic heterocycles. The Morgan fingerprint density at radius 1 is 1.62 bits per heavy atom. The number of likely N-dealkylation sites (N-methyl/N-ethyl adjacent to an activating group) is 1. The van der Waals surface area contributed by atoms with Crippen molar-refractivity contribution in [1.29, 1.82) is 0 Å². The van der Waals surface area contributed by atoms with E-state index in [2.05, 4.69) is 6.58 Å². The maximum Gasteiger partial charge on any atom is 0.254 e. The zero-order valence-electron chi connectivity index (χ0n) is 8.21. The van der Waals surface area contributed by atoms with Crippen LogP contribution in [0.3, 0.4) is 0 Å². The lowest BCUT2D eigenvalue weighted by Crippen LogP contribution is -2.26. The van der Waals surface area contributed by atoms with Crippen molar-refractivity contribution in [3.63, 3.8) is 0 Å². The van der Waals surface area contributed by atoms with Crippen LogP contribution in [-0.2, 0) is 4.79 Å². The fourth-order valence-electron chi connectivity index (χ4n) is 1.43. The summed E-state index contributed by atoms with van der Waals surface area (Å²) < 4.78 is 0. The highest BCUT2D eigenvalue weighted by atomic mass is 16.2. The zero-order chi connectivity index (χ0) is 9.84. The Balaban J connectivity index is 2.84. The SMILES string of the molecule is C=C/C=C\C1=C(C)CN(CC)C1=O. The van der Waals surface area contributed by atoms with Gasteiger partial charge in [0.25, 0.3) is 5.91 Å². The summed E-state index contributed by atoms with van der Waals surface area (Å²) in [6.07, 6.45) is 5.32. The number of carbonyl (C=O) groups excluding carboxylic acids is 1. The summed E-state index contributed by atoms with van der Waals surface area (Å²) in [5, 5.41) is 0. The van der Waals surface area contributed by atoms with E-state index in [1.165, 1.54) is 0 Å². The Kier molecular flexibility index (Phi) is 3.07. The Morgan fingerprint density at radius 3 is 2.77 bits per heavy atom. The second-order valence-electron chi connectivity index (χ2n) is 3.11. The first-order valence-corrected chi connectivity index (χ1v) is 4.48. The maximum absolute atomic E-state index is 11.6. The van der Waals surface area contributed by atoms with Gasteiger partial charge in [0, 0.05) is 18.7 Å². The van der Waals surface area contributed by atoms with Gasteiger partial charge in [-0.05, 0) is 25.5 Å². The van der Waals surface area contributed by atoms with Gasteiger partial charge in [0.2, 0.25) is 0 Å². The van der Waals surface area contributed by atoms with Crippen molar-refractivity contribution in [1.82, 2.24) is 4.90 Å². The minimum absolute atomic E-state index is 0.137. The zero-order valence-corrected chi connectivity index (χ0v) is 8.21. The lowest BCUT2D eigenvalue weighted by atomic mass is 10.1. The molecule has 0 fully saturated rings. The van der Waals surface area contributed by atoms with Crippen molar-refractivity contribution in [2.45, 2.75) is 13.8 Å². The minimum Gasteiger partial charge on any atom is -0.335 e. The second-order valence-corrected chi connectivity index (χ2v) is 3.11. The average Bonchev–Trinajstić information content (AvgIpc) is 2.39. The number of rotatable bonds is 3. The lowest BCUT2D eigenvalue weighted by Gasteiger charge is -2.12. The molecule has 0 aromatic rings. The van der Waals surface area contributed by atoms with Crippen molar-refractivity contribution in [2.24, 2.45) is 0 Å². The minimum atomic E-state index is 0.137. The molecule has 13 heavy (non-hydrogen) atoms. The average molecular weight is 177 g/mol. The maximum atomic E-state index is 11.6. The number of amides is 1. The summed E-state index contributed by atoms with van der Waals surface area (Å²) >= 11 is 0. The van der Waals surface area contributed by atoms with Crippen LogP contribution in [0, 0.1) is 0 Å². The van der Waals surface area contributed by atoms with Gasteiger partial charge in [-0.25, -0.2) is 0 Å². The van der Waals surface area contributed by atoms with Crippen molar-refractivity contribution in [2.75, 3.05) is 13.1 Å². The number of allylic oxidation sites excluding steroid dienone is 2. The van der Waals surface area contributed by atoms with Gasteiger partial charge < -0.3 is 4.90 Å². The molecule has 1 aliphatic rings. The van der Waals surface area contributed by atoms with Crippen LogP contribution in [0.2, 0.25) is 0 Å². The Morgan fingerprint density at radius 2 is 2.31 bits per heavy atom. The van der Waals surface area contributed by atoms with Crippen molar-refractivity contribution in [3.8, 4) is 0 Å². The van der Waals surface area contributed by atoms with Crippen LogP contribution in [0.15, 0.2) is 36.0 Å². The highest BCUT2D eigenvalue weighted by Crippen LogP contribution is 2.19. The van der Waals surface area contributed by atoms with Crippen LogP contribution in [-0.4, -0.2) is 23.9 Å². The normalized spacial score (nSPS) is 17.7. The number of hydrogen-bond donors (Lipinski definition) is 0. The van der Waals surface area contributed by atoms with Gasteiger partial charge in [-0.3, -0.25) is 4.79 Å². The summed E-state index contributed by atoms with van der Waals surface area (Å²) in [7, 11) is 0. The molecule has 70 valence electrons. The van der Waals surface area contributed by atoms with Gasteiger partial charge in [0.15, 0.2) is 0 Å². The molecule has 0 aliphatic carbocycles. The van der Waals surface area contributed by atoms with Gasteiger partial charge in [-0.15, -0.1) is 0 Å². The van der Waals surface area contributed by atoms with E-state index in [1.807, 2.05) is 24.8 Å². The predicted octanol–water partition coefficient (Wildman–Crippen LogP) is 1.91. The van der Waals surface area contributed by atoms with Gasteiger partial charge >= 0.3 is 0 Å². The Bertz CT molecular complexity index is 286. The fraction of sp³-hybridized carbons (Fsp3) is 0.364. The molecule has 2 heteroatoms. The topological polar surface area (TPSA) is 20.3 Å². The summed E-state index contributed by atoms with van der Waals surface area (Å²) in [6, 6.07) is 0. The quantitative estimate of drug-likeness (QED) is 0.603. The summed E-state index contributed by atoms with van der Waals surface area (Å²) in [5.41, 5.74) is 1.96. The molecular formula is C11H15NO. The molecule has 0 atom stereocenters. The molecule has 1 heterocycles.